The fraction of sp³-hybridized carbons (Fsp3) is 0.231. The van der Waals surface area contributed by atoms with E-state index >= 15 is 0 Å². The van der Waals surface area contributed by atoms with E-state index < -0.39 is 16.8 Å². The second-order valence-electron chi connectivity index (χ2n) is 4.03. The van der Waals surface area contributed by atoms with Gasteiger partial charge in [0.15, 0.2) is 0 Å². The molecule has 0 aliphatic carbocycles. The van der Waals surface area contributed by atoms with Crippen molar-refractivity contribution in [1.29, 1.82) is 0 Å². The van der Waals surface area contributed by atoms with Crippen molar-refractivity contribution in [2.45, 2.75) is 17.9 Å². The van der Waals surface area contributed by atoms with Crippen LogP contribution in [0.2, 0.25) is 0 Å². The van der Waals surface area contributed by atoms with Crippen LogP contribution in [0.25, 0.3) is 0 Å². The summed E-state index contributed by atoms with van der Waals surface area (Å²) < 4.78 is 13.9. The summed E-state index contributed by atoms with van der Waals surface area (Å²) in [4.78, 5) is 15.3. The van der Waals surface area contributed by atoms with Crippen LogP contribution in [0, 0.1) is 0 Å². The van der Waals surface area contributed by atoms with Gasteiger partial charge in [-0.2, -0.15) is 0 Å². The van der Waals surface area contributed by atoms with Crippen LogP contribution < -0.4 is 0 Å². The highest BCUT2D eigenvalue weighted by Crippen LogP contribution is 2.10. The number of carboxylic acids is 1. The zero-order valence-corrected chi connectivity index (χ0v) is 11.0. The molecule has 1 aromatic heterocycles. The number of benzene rings is 1. The monoisotopic (exact) mass is 278 g/mol. The van der Waals surface area contributed by atoms with Crippen molar-refractivity contribution in [2.24, 2.45) is 0 Å². The Bertz CT molecular complexity index is 564. The highest BCUT2D eigenvalue weighted by Gasteiger charge is 2.06. The number of aromatic carboxylic acids is 1. The predicted molar refractivity (Wildman–Crippen MR) is 71.5 cm³/mol. The third kappa shape index (κ3) is 3.75. The molecule has 2 aromatic rings. The molecule has 1 aromatic carbocycles. The Morgan fingerprint density at radius 2 is 2.05 bits per heavy atom. The molecule has 1 heterocycles. The van der Waals surface area contributed by atoms with Gasteiger partial charge in [0.05, 0.1) is 22.7 Å². The molecule has 100 valence electrons. The summed E-state index contributed by atoms with van der Waals surface area (Å²) in [7, 11) is -1.09. The number of aryl methyl sites for hydroxylation is 1. The van der Waals surface area contributed by atoms with Crippen LogP contribution in [0.5, 0.6) is 0 Å². The first-order chi connectivity index (χ1) is 9.16. The first kappa shape index (κ1) is 13.5. The van der Waals surface area contributed by atoms with Gasteiger partial charge in [0.25, 0.3) is 0 Å². The van der Waals surface area contributed by atoms with Crippen molar-refractivity contribution in [3.8, 4) is 0 Å². The van der Waals surface area contributed by atoms with Gasteiger partial charge in [-0.3, -0.25) is 4.21 Å². The van der Waals surface area contributed by atoms with E-state index in [2.05, 4.69) is 4.98 Å². The van der Waals surface area contributed by atoms with E-state index in [1.54, 1.807) is 24.7 Å². The fourth-order valence-electron chi connectivity index (χ4n) is 1.66. The first-order valence-electron chi connectivity index (χ1n) is 5.84. The second kappa shape index (κ2) is 6.29. The molecule has 0 radical (unpaired) electrons. The molecule has 0 aliphatic heterocycles. The zero-order valence-electron chi connectivity index (χ0n) is 10.2. The van der Waals surface area contributed by atoms with Gasteiger partial charge in [-0.25, -0.2) is 9.78 Å². The van der Waals surface area contributed by atoms with E-state index in [1.165, 1.54) is 12.1 Å². The number of rotatable bonds is 6. The van der Waals surface area contributed by atoms with E-state index in [0.29, 0.717) is 10.6 Å². The van der Waals surface area contributed by atoms with Crippen LogP contribution >= 0.6 is 0 Å². The van der Waals surface area contributed by atoms with E-state index in [0.717, 1.165) is 13.0 Å². The number of hydrogen-bond donors (Lipinski definition) is 1. The lowest BCUT2D eigenvalue weighted by Gasteiger charge is -2.04. The number of hydrogen-bond acceptors (Lipinski definition) is 3. The van der Waals surface area contributed by atoms with E-state index in [9.17, 15) is 9.00 Å². The van der Waals surface area contributed by atoms with Crippen LogP contribution in [0.4, 0.5) is 0 Å². The Balaban J connectivity index is 1.87. The Hall–Kier alpha value is -1.95. The van der Waals surface area contributed by atoms with Crippen molar-refractivity contribution in [2.75, 3.05) is 5.75 Å². The van der Waals surface area contributed by atoms with Gasteiger partial charge in [0.1, 0.15) is 0 Å². The summed E-state index contributed by atoms with van der Waals surface area (Å²) in [6.07, 6.45) is 6.08. The molecule has 0 saturated carbocycles. The summed E-state index contributed by atoms with van der Waals surface area (Å²) >= 11 is 0. The average Bonchev–Trinajstić information content (AvgIpc) is 2.92. The summed E-state index contributed by atoms with van der Waals surface area (Å²) in [6, 6.07) is 6.17. The van der Waals surface area contributed by atoms with E-state index in [4.69, 9.17) is 5.11 Å². The molecule has 19 heavy (non-hydrogen) atoms. The zero-order chi connectivity index (χ0) is 13.7. The summed E-state index contributed by atoms with van der Waals surface area (Å²) in [6.45, 7) is 0.777. The second-order valence-corrected chi connectivity index (χ2v) is 5.60. The van der Waals surface area contributed by atoms with Crippen molar-refractivity contribution < 1.29 is 14.1 Å². The summed E-state index contributed by atoms with van der Waals surface area (Å²) in [5.74, 6) is -0.428. The number of carbonyl (C=O) groups is 1. The minimum absolute atomic E-state index is 0.208. The van der Waals surface area contributed by atoms with E-state index in [-0.39, 0.29) is 5.56 Å². The average molecular weight is 278 g/mol. The number of nitrogens with zero attached hydrogens (tertiary/aromatic N) is 2. The Labute approximate surface area is 113 Å². The minimum Gasteiger partial charge on any atom is -0.478 e. The SMILES string of the molecule is O=C(O)c1ccc(S(=O)CCCn2ccnc2)cc1. The Morgan fingerprint density at radius 3 is 2.63 bits per heavy atom. The lowest BCUT2D eigenvalue weighted by atomic mass is 10.2. The van der Waals surface area contributed by atoms with Crippen LogP contribution in [-0.2, 0) is 17.3 Å². The van der Waals surface area contributed by atoms with Gasteiger partial charge < -0.3 is 9.67 Å². The first-order valence-corrected chi connectivity index (χ1v) is 7.16. The van der Waals surface area contributed by atoms with E-state index in [1.807, 2.05) is 10.8 Å². The van der Waals surface area contributed by atoms with Crippen molar-refractivity contribution >= 4 is 16.8 Å². The molecule has 5 nitrogen and oxygen atoms in total. The third-order valence-corrected chi connectivity index (χ3v) is 4.13. The Morgan fingerprint density at radius 1 is 1.32 bits per heavy atom. The number of imidazole rings is 1. The molecular formula is C13H14N2O3S. The molecule has 0 fully saturated rings. The highest BCUT2D eigenvalue weighted by atomic mass is 32.2. The van der Waals surface area contributed by atoms with Crippen LogP contribution in [0.3, 0.4) is 0 Å². The molecule has 0 aliphatic rings. The van der Waals surface area contributed by atoms with Gasteiger partial charge in [0, 0.05) is 29.6 Å². The molecule has 0 spiro atoms. The molecule has 1 unspecified atom stereocenters. The normalized spacial score (nSPS) is 12.2. The maximum absolute atomic E-state index is 12.0. The van der Waals surface area contributed by atoms with Crippen LogP contribution in [0.1, 0.15) is 16.8 Å². The topological polar surface area (TPSA) is 72.2 Å². The highest BCUT2D eigenvalue weighted by molar-refractivity contribution is 7.85. The van der Waals surface area contributed by atoms with Crippen molar-refractivity contribution in [1.82, 2.24) is 9.55 Å². The molecule has 1 N–H and O–H groups in total. The van der Waals surface area contributed by atoms with Crippen molar-refractivity contribution in [3.63, 3.8) is 0 Å². The minimum atomic E-state index is -1.09. The number of carboxylic acid groups (broad SMARTS) is 1. The van der Waals surface area contributed by atoms with Gasteiger partial charge >= 0.3 is 5.97 Å². The molecule has 0 bridgehead atoms. The molecule has 6 heteroatoms. The van der Waals surface area contributed by atoms with Crippen LogP contribution in [0.15, 0.2) is 47.9 Å². The summed E-state index contributed by atoms with van der Waals surface area (Å²) in [5, 5.41) is 8.78. The summed E-state index contributed by atoms with van der Waals surface area (Å²) in [5.41, 5.74) is 0.208. The standard InChI is InChI=1S/C13H14N2O3S/c16-13(17)11-2-4-12(5-3-11)19(18)9-1-7-15-8-6-14-10-15/h2-6,8,10H,1,7,9H2,(H,16,17). The van der Waals surface area contributed by atoms with Gasteiger partial charge in [-0.15, -0.1) is 0 Å². The molecule has 0 amide bonds. The maximum atomic E-state index is 12.0. The smallest absolute Gasteiger partial charge is 0.335 e. The largest absolute Gasteiger partial charge is 0.478 e. The maximum Gasteiger partial charge on any atom is 0.335 e. The van der Waals surface area contributed by atoms with Crippen molar-refractivity contribution in [3.05, 3.63) is 48.5 Å². The predicted octanol–water partition coefficient (Wildman–Crippen LogP) is 1.78. The Kier molecular flexibility index (Phi) is 4.46. The molecule has 0 saturated heterocycles. The third-order valence-electron chi connectivity index (χ3n) is 2.67. The quantitative estimate of drug-likeness (QED) is 0.874. The van der Waals surface area contributed by atoms with Gasteiger partial charge in [-0.1, -0.05) is 0 Å². The lowest BCUT2D eigenvalue weighted by molar-refractivity contribution is 0.0697. The van der Waals surface area contributed by atoms with Gasteiger partial charge in [-0.05, 0) is 30.7 Å². The van der Waals surface area contributed by atoms with Crippen LogP contribution in [-0.4, -0.2) is 30.6 Å². The molecule has 2 rings (SSSR count). The number of aromatic nitrogens is 2. The molecular weight excluding hydrogens is 264 g/mol. The lowest BCUT2D eigenvalue weighted by Crippen LogP contribution is -2.04. The fourth-order valence-corrected chi connectivity index (χ4v) is 2.73. The van der Waals surface area contributed by atoms with Gasteiger partial charge in [0.2, 0.25) is 0 Å². The molecule has 1 atom stereocenters.